The average Bonchev–Trinajstić information content (AvgIpc) is 3.14. The smallest absolute Gasteiger partial charge is 0.353 e. The molecule has 4 nitrogen and oxygen atoms in total. The first-order valence-corrected chi connectivity index (χ1v) is 9.22. The predicted octanol–water partition coefficient (Wildman–Crippen LogP) is 4.03. The summed E-state index contributed by atoms with van der Waals surface area (Å²) in [5, 5.41) is 2.71. The summed E-state index contributed by atoms with van der Waals surface area (Å²) in [5.74, 6) is -0.703. The quantitative estimate of drug-likeness (QED) is 0.689. The minimum absolute atomic E-state index is 0.325. The summed E-state index contributed by atoms with van der Waals surface area (Å²) in [5.41, 5.74) is 0.325. The van der Waals surface area contributed by atoms with Gasteiger partial charge in [-0.3, -0.25) is 4.90 Å². The van der Waals surface area contributed by atoms with Gasteiger partial charge in [-0.05, 0) is 23.6 Å². The maximum Gasteiger partial charge on any atom is 0.451 e. The molecule has 0 spiro atoms. The second kappa shape index (κ2) is 6.85. The molecule has 136 valence electrons. The highest BCUT2D eigenvalue weighted by Crippen LogP contribution is 2.32. The Labute approximate surface area is 152 Å². The van der Waals surface area contributed by atoms with Crippen LogP contribution < -0.4 is 4.90 Å². The first-order valence-electron chi connectivity index (χ1n) is 8.34. The van der Waals surface area contributed by atoms with Crippen molar-refractivity contribution < 1.29 is 13.2 Å². The number of anilines is 1. The number of hydrogen-bond donors (Lipinski definition) is 0. The number of para-hydroxylation sites is 1. The average molecular weight is 378 g/mol. The number of thiophene rings is 1. The molecule has 0 N–H and O–H groups in total. The van der Waals surface area contributed by atoms with Crippen LogP contribution in [0, 0.1) is 0 Å². The Kier molecular flexibility index (Phi) is 4.54. The Morgan fingerprint density at radius 2 is 1.73 bits per heavy atom. The fraction of sp³-hybridized carbons (Fsp3) is 0.333. The molecule has 2 aromatic heterocycles. The Bertz CT molecular complexity index is 887. The number of aromatic nitrogens is 2. The van der Waals surface area contributed by atoms with Crippen molar-refractivity contribution in [3.8, 4) is 0 Å². The number of fused-ring (bicyclic) bond motifs is 1. The van der Waals surface area contributed by atoms with Crippen LogP contribution in [0.15, 0.2) is 41.8 Å². The summed E-state index contributed by atoms with van der Waals surface area (Å²) in [4.78, 5) is 13.1. The molecule has 3 heterocycles. The Morgan fingerprint density at radius 1 is 0.962 bits per heavy atom. The summed E-state index contributed by atoms with van der Waals surface area (Å²) in [6, 6.07) is 11.0. The number of rotatable bonds is 3. The highest BCUT2D eigenvalue weighted by Gasteiger charge is 2.36. The van der Waals surface area contributed by atoms with E-state index in [1.54, 1.807) is 35.6 Å². The predicted molar refractivity (Wildman–Crippen MR) is 96.3 cm³/mol. The molecule has 3 aromatic rings. The Balaban J connectivity index is 1.58. The highest BCUT2D eigenvalue weighted by atomic mass is 32.1. The van der Waals surface area contributed by atoms with Crippen LogP contribution in [-0.2, 0) is 12.7 Å². The van der Waals surface area contributed by atoms with Crippen LogP contribution in [0.2, 0.25) is 0 Å². The van der Waals surface area contributed by atoms with Gasteiger partial charge in [-0.2, -0.15) is 13.2 Å². The van der Waals surface area contributed by atoms with E-state index in [2.05, 4.69) is 26.3 Å². The zero-order valence-electron chi connectivity index (χ0n) is 13.9. The third kappa shape index (κ3) is 3.52. The van der Waals surface area contributed by atoms with Gasteiger partial charge in [0.05, 0.1) is 5.52 Å². The van der Waals surface area contributed by atoms with Crippen LogP contribution in [0.5, 0.6) is 0 Å². The van der Waals surface area contributed by atoms with Crippen molar-refractivity contribution in [1.29, 1.82) is 0 Å². The van der Waals surface area contributed by atoms with Gasteiger partial charge in [0, 0.05) is 43.0 Å². The van der Waals surface area contributed by atoms with Crippen LogP contribution in [0.4, 0.5) is 19.0 Å². The molecule has 1 aliphatic rings. The molecule has 0 radical (unpaired) electrons. The van der Waals surface area contributed by atoms with E-state index in [-0.39, 0.29) is 0 Å². The zero-order chi connectivity index (χ0) is 18.1. The van der Waals surface area contributed by atoms with Crippen LogP contribution in [0.1, 0.15) is 10.7 Å². The van der Waals surface area contributed by atoms with E-state index in [0.29, 0.717) is 29.8 Å². The van der Waals surface area contributed by atoms with Crippen molar-refractivity contribution in [2.45, 2.75) is 12.7 Å². The van der Waals surface area contributed by atoms with Gasteiger partial charge in [0.2, 0.25) is 5.82 Å². The van der Waals surface area contributed by atoms with E-state index in [1.165, 1.54) is 4.88 Å². The van der Waals surface area contributed by atoms with Crippen molar-refractivity contribution in [3.05, 3.63) is 52.5 Å². The molecule has 1 saturated heterocycles. The van der Waals surface area contributed by atoms with Gasteiger partial charge in [-0.15, -0.1) is 11.3 Å². The van der Waals surface area contributed by atoms with Gasteiger partial charge in [0.15, 0.2) is 0 Å². The summed E-state index contributed by atoms with van der Waals surface area (Å²) in [7, 11) is 0. The molecule has 0 atom stereocenters. The molecule has 0 bridgehead atoms. The van der Waals surface area contributed by atoms with Crippen LogP contribution in [0.3, 0.4) is 0 Å². The van der Waals surface area contributed by atoms with Gasteiger partial charge >= 0.3 is 6.18 Å². The first kappa shape index (κ1) is 17.2. The van der Waals surface area contributed by atoms with Gasteiger partial charge in [0.1, 0.15) is 5.82 Å². The van der Waals surface area contributed by atoms with E-state index < -0.39 is 12.0 Å². The van der Waals surface area contributed by atoms with E-state index in [9.17, 15) is 13.2 Å². The number of piperazine rings is 1. The zero-order valence-corrected chi connectivity index (χ0v) is 14.7. The molecule has 4 rings (SSSR count). The summed E-state index contributed by atoms with van der Waals surface area (Å²) >= 11 is 1.72. The van der Waals surface area contributed by atoms with E-state index in [1.807, 2.05) is 11.0 Å². The second-order valence-corrected chi connectivity index (χ2v) is 7.26. The summed E-state index contributed by atoms with van der Waals surface area (Å²) in [6.07, 6.45) is -4.56. The number of halogens is 3. The lowest BCUT2D eigenvalue weighted by atomic mass is 10.2. The monoisotopic (exact) mass is 378 g/mol. The molecule has 0 saturated carbocycles. The Hall–Kier alpha value is -2.19. The van der Waals surface area contributed by atoms with Crippen molar-refractivity contribution >= 4 is 28.1 Å². The fourth-order valence-electron chi connectivity index (χ4n) is 3.17. The van der Waals surface area contributed by atoms with Crippen LogP contribution >= 0.6 is 11.3 Å². The van der Waals surface area contributed by atoms with Crippen molar-refractivity contribution in [3.63, 3.8) is 0 Å². The molecule has 0 unspecified atom stereocenters. The summed E-state index contributed by atoms with van der Waals surface area (Å²) < 4.78 is 39.6. The molecule has 0 amide bonds. The molecule has 26 heavy (non-hydrogen) atoms. The highest BCUT2D eigenvalue weighted by molar-refractivity contribution is 7.09. The van der Waals surface area contributed by atoms with Gasteiger partial charge < -0.3 is 4.90 Å². The topological polar surface area (TPSA) is 32.3 Å². The molecule has 1 aliphatic heterocycles. The number of hydrogen-bond acceptors (Lipinski definition) is 5. The van der Waals surface area contributed by atoms with Crippen molar-refractivity contribution in [1.82, 2.24) is 14.9 Å². The van der Waals surface area contributed by atoms with Gasteiger partial charge in [-0.1, -0.05) is 18.2 Å². The Morgan fingerprint density at radius 3 is 2.42 bits per heavy atom. The molecule has 0 aliphatic carbocycles. The van der Waals surface area contributed by atoms with Crippen molar-refractivity contribution in [2.24, 2.45) is 0 Å². The maximum absolute atomic E-state index is 13.2. The van der Waals surface area contributed by atoms with Crippen LogP contribution in [-0.4, -0.2) is 41.0 Å². The lowest BCUT2D eigenvalue weighted by molar-refractivity contribution is -0.144. The second-order valence-electron chi connectivity index (χ2n) is 6.23. The molecular formula is C18H17F3N4S. The SMILES string of the molecule is FC(F)(F)c1nc(N2CCN(Cc3cccs3)CC2)c2ccccc2n1. The largest absolute Gasteiger partial charge is 0.451 e. The lowest BCUT2D eigenvalue weighted by Gasteiger charge is -2.35. The number of alkyl halides is 3. The van der Waals surface area contributed by atoms with Crippen molar-refractivity contribution in [2.75, 3.05) is 31.1 Å². The van der Waals surface area contributed by atoms with Gasteiger partial charge in [-0.25, -0.2) is 9.97 Å². The van der Waals surface area contributed by atoms with E-state index >= 15 is 0 Å². The molecule has 8 heteroatoms. The molecule has 1 aromatic carbocycles. The fourth-order valence-corrected chi connectivity index (χ4v) is 3.91. The minimum Gasteiger partial charge on any atom is -0.353 e. The number of nitrogens with zero attached hydrogens (tertiary/aromatic N) is 4. The standard InChI is InChI=1S/C18H17F3N4S/c19-18(20,21)17-22-15-6-2-1-5-14(15)16(23-17)25-9-7-24(8-10-25)12-13-4-3-11-26-13/h1-6,11H,7-10,12H2. The molecular weight excluding hydrogens is 361 g/mol. The molecule has 1 fully saturated rings. The van der Waals surface area contributed by atoms with E-state index in [4.69, 9.17) is 0 Å². The van der Waals surface area contributed by atoms with Gasteiger partial charge in [0.25, 0.3) is 0 Å². The van der Waals surface area contributed by atoms with E-state index in [0.717, 1.165) is 19.6 Å². The number of benzene rings is 1. The lowest BCUT2D eigenvalue weighted by Crippen LogP contribution is -2.46. The normalized spacial score (nSPS) is 16.3. The third-order valence-electron chi connectivity index (χ3n) is 4.47. The maximum atomic E-state index is 13.2. The summed E-state index contributed by atoms with van der Waals surface area (Å²) in [6.45, 7) is 3.74. The minimum atomic E-state index is -4.56. The van der Waals surface area contributed by atoms with Crippen LogP contribution in [0.25, 0.3) is 10.9 Å². The third-order valence-corrected chi connectivity index (χ3v) is 5.33. The first-order chi connectivity index (χ1) is 12.5.